The highest BCUT2D eigenvalue weighted by molar-refractivity contribution is 5.96. The van der Waals surface area contributed by atoms with Crippen LogP contribution in [0.15, 0.2) is 47.0 Å². The Kier molecular flexibility index (Phi) is 4.03. The number of hydrogen-bond donors (Lipinski definition) is 0. The van der Waals surface area contributed by atoms with Gasteiger partial charge in [-0.2, -0.15) is 4.98 Å². The first-order valence-corrected chi connectivity index (χ1v) is 8.49. The standard InChI is InChI=1S/C20H18FN3O2/c1-12-7-8-15(9-13(12)2)24-11-14(10-18(24)25)20-22-19(23-26-20)16-5-3-4-6-17(16)21/h3-9,14H,10-11H2,1-2H3/t14-/m0/s1. The van der Waals surface area contributed by atoms with Crippen molar-refractivity contribution >= 4 is 11.6 Å². The van der Waals surface area contributed by atoms with Crippen LogP contribution in [0, 0.1) is 19.7 Å². The van der Waals surface area contributed by atoms with Crippen molar-refractivity contribution in [3.8, 4) is 11.4 Å². The molecule has 2 aromatic carbocycles. The largest absolute Gasteiger partial charge is 0.339 e. The minimum atomic E-state index is -0.404. The molecule has 0 radical (unpaired) electrons. The van der Waals surface area contributed by atoms with Gasteiger partial charge in [0.25, 0.3) is 0 Å². The Hall–Kier alpha value is -3.02. The number of carbonyl (C=O) groups excluding carboxylic acids is 1. The fraction of sp³-hybridized carbons (Fsp3) is 0.250. The Morgan fingerprint density at radius 1 is 1.15 bits per heavy atom. The molecule has 1 fully saturated rings. The minimum Gasteiger partial charge on any atom is -0.339 e. The van der Waals surface area contributed by atoms with Crippen molar-refractivity contribution in [1.82, 2.24) is 10.1 Å². The minimum absolute atomic E-state index is 0.0175. The molecule has 5 nitrogen and oxygen atoms in total. The average molecular weight is 351 g/mol. The van der Waals surface area contributed by atoms with E-state index in [-0.39, 0.29) is 23.2 Å². The molecule has 132 valence electrons. The summed E-state index contributed by atoms with van der Waals surface area (Å²) in [6.45, 7) is 4.53. The topological polar surface area (TPSA) is 59.2 Å². The summed E-state index contributed by atoms with van der Waals surface area (Å²) in [6, 6.07) is 12.2. The second-order valence-electron chi connectivity index (χ2n) is 6.61. The van der Waals surface area contributed by atoms with Crippen LogP contribution in [-0.2, 0) is 4.79 Å². The van der Waals surface area contributed by atoms with Gasteiger partial charge in [0.05, 0.1) is 11.5 Å². The van der Waals surface area contributed by atoms with Crippen LogP contribution in [0.1, 0.15) is 29.4 Å². The fourth-order valence-electron chi connectivity index (χ4n) is 3.17. The molecule has 0 saturated carbocycles. The van der Waals surface area contributed by atoms with Crippen molar-refractivity contribution < 1.29 is 13.7 Å². The Bertz CT molecular complexity index is 983. The molecule has 1 atom stereocenters. The molecule has 6 heteroatoms. The first-order valence-electron chi connectivity index (χ1n) is 8.49. The molecular formula is C20H18FN3O2. The molecule has 0 bridgehead atoms. The fourth-order valence-corrected chi connectivity index (χ4v) is 3.17. The number of benzene rings is 2. The number of hydrogen-bond acceptors (Lipinski definition) is 4. The summed E-state index contributed by atoms with van der Waals surface area (Å²) in [6.07, 6.45) is 0.297. The van der Waals surface area contributed by atoms with Crippen molar-refractivity contribution in [3.05, 3.63) is 65.3 Å². The molecule has 1 aromatic heterocycles. The van der Waals surface area contributed by atoms with Crippen LogP contribution < -0.4 is 4.90 Å². The molecule has 2 heterocycles. The van der Waals surface area contributed by atoms with Crippen molar-refractivity contribution in [2.45, 2.75) is 26.2 Å². The van der Waals surface area contributed by atoms with E-state index in [2.05, 4.69) is 10.1 Å². The third kappa shape index (κ3) is 2.87. The van der Waals surface area contributed by atoms with Gasteiger partial charge in [-0.15, -0.1) is 0 Å². The lowest BCUT2D eigenvalue weighted by Gasteiger charge is -2.17. The number of aromatic nitrogens is 2. The summed E-state index contributed by atoms with van der Waals surface area (Å²) in [5, 5.41) is 3.88. The van der Waals surface area contributed by atoms with Crippen molar-refractivity contribution in [3.63, 3.8) is 0 Å². The quantitative estimate of drug-likeness (QED) is 0.715. The molecule has 1 amide bonds. The monoisotopic (exact) mass is 351 g/mol. The SMILES string of the molecule is Cc1ccc(N2C[C@@H](c3nc(-c4ccccc4F)no3)CC2=O)cc1C. The van der Waals surface area contributed by atoms with Gasteiger partial charge in [0.2, 0.25) is 17.6 Å². The van der Waals surface area contributed by atoms with Crippen LogP contribution in [0.4, 0.5) is 10.1 Å². The van der Waals surface area contributed by atoms with Crippen LogP contribution >= 0.6 is 0 Å². The highest BCUT2D eigenvalue weighted by Crippen LogP contribution is 2.33. The third-order valence-electron chi connectivity index (χ3n) is 4.83. The van der Waals surface area contributed by atoms with Crippen LogP contribution in [0.25, 0.3) is 11.4 Å². The lowest BCUT2D eigenvalue weighted by molar-refractivity contribution is -0.117. The van der Waals surface area contributed by atoms with Gasteiger partial charge < -0.3 is 9.42 Å². The number of anilines is 1. The second kappa shape index (κ2) is 6.37. The van der Waals surface area contributed by atoms with Crippen molar-refractivity contribution in [2.75, 3.05) is 11.4 Å². The second-order valence-corrected chi connectivity index (χ2v) is 6.61. The Balaban J connectivity index is 1.58. The molecular weight excluding hydrogens is 333 g/mol. The highest BCUT2D eigenvalue weighted by atomic mass is 19.1. The normalized spacial score (nSPS) is 17.1. The van der Waals surface area contributed by atoms with Gasteiger partial charge in [0, 0.05) is 18.7 Å². The number of rotatable bonds is 3. The summed E-state index contributed by atoms with van der Waals surface area (Å²) in [5.41, 5.74) is 3.48. The van der Waals surface area contributed by atoms with E-state index in [0.717, 1.165) is 11.3 Å². The van der Waals surface area contributed by atoms with E-state index < -0.39 is 5.82 Å². The summed E-state index contributed by atoms with van der Waals surface area (Å²) in [4.78, 5) is 18.5. The van der Waals surface area contributed by atoms with Crippen LogP contribution in [0.3, 0.4) is 0 Å². The van der Waals surface area contributed by atoms with E-state index in [9.17, 15) is 9.18 Å². The van der Waals surface area contributed by atoms with Gasteiger partial charge in [-0.3, -0.25) is 4.79 Å². The van der Waals surface area contributed by atoms with Gasteiger partial charge in [-0.1, -0.05) is 23.4 Å². The van der Waals surface area contributed by atoms with Crippen molar-refractivity contribution in [1.29, 1.82) is 0 Å². The van der Waals surface area contributed by atoms with E-state index in [4.69, 9.17) is 4.52 Å². The predicted octanol–water partition coefficient (Wildman–Crippen LogP) is 4.01. The van der Waals surface area contributed by atoms with E-state index >= 15 is 0 Å². The molecule has 3 aromatic rings. The predicted molar refractivity (Wildman–Crippen MR) is 95.3 cm³/mol. The maximum absolute atomic E-state index is 13.9. The summed E-state index contributed by atoms with van der Waals surface area (Å²) < 4.78 is 19.2. The van der Waals surface area contributed by atoms with Gasteiger partial charge in [-0.05, 0) is 49.2 Å². The number of amides is 1. The molecule has 0 spiro atoms. The van der Waals surface area contributed by atoms with E-state index in [1.807, 2.05) is 32.0 Å². The molecule has 0 N–H and O–H groups in total. The van der Waals surface area contributed by atoms with Gasteiger partial charge in [-0.25, -0.2) is 4.39 Å². The Labute approximate surface area is 150 Å². The molecule has 26 heavy (non-hydrogen) atoms. The van der Waals surface area contributed by atoms with Gasteiger partial charge in [0.15, 0.2) is 0 Å². The molecule has 0 aliphatic carbocycles. The van der Waals surface area contributed by atoms with Gasteiger partial charge in [0.1, 0.15) is 5.82 Å². The smallest absolute Gasteiger partial charge is 0.232 e. The lowest BCUT2D eigenvalue weighted by atomic mass is 10.1. The van der Waals surface area contributed by atoms with E-state index in [0.29, 0.717) is 18.9 Å². The zero-order valence-electron chi connectivity index (χ0n) is 14.6. The number of carbonyl (C=O) groups is 1. The first kappa shape index (κ1) is 16.4. The molecule has 1 aliphatic rings. The average Bonchev–Trinajstić information content (AvgIpc) is 3.25. The first-order chi connectivity index (χ1) is 12.5. The number of nitrogens with zero attached hydrogens (tertiary/aromatic N) is 3. The van der Waals surface area contributed by atoms with Crippen LogP contribution in [-0.4, -0.2) is 22.6 Å². The summed E-state index contributed by atoms with van der Waals surface area (Å²) >= 11 is 0. The molecule has 1 saturated heterocycles. The van der Waals surface area contributed by atoms with E-state index in [1.165, 1.54) is 11.6 Å². The Morgan fingerprint density at radius 3 is 2.73 bits per heavy atom. The lowest BCUT2D eigenvalue weighted by Crippen LogP contribution is -2.24. The maximum atomic E-state index is 13.9. The molecule has 1 aliphatic heterocycles. The number of aryl methyl sites for hydroxylation is 2. The van der Waals surface area contributed by atoms with Gasteiger partial charge >= 0.3 is 0 Å². The van der Waals surface area contributed by atoms with Crippen LogP contribution in [0.2, 0.25) is 0 Å². The number of halogens is 1. The highest BCUT2D eigenvalue weighted by Gasteiger charge is 2.35. The van der Waals surface area contributed by atoms with Crippen LogP contribution in [0.5, 0.6) is 0 Å². The molecule has 4 rings (SSSR count). The summed E-state index contributed by atoms with van der Waals surface area (Å²) in [5.74, 6) is -0.0155. The summed E-state index contributed by atoms with van der Waals surface area (Å²) in [7, 11) is 0. The maximum Gasteiger partial charge on any atom is 0.232 e. The Morgan fingerprint density at radius 2 is 1.96 bits per heavy atom. The zero-order valence-corrected chi connectivity index (χ0v) is 14.6. The zero-order chi connectivity index (χ0) is 18.3. The van der Waals surface area contributed by atoms with Crippen molar-refractivity contribution in [2.24, 2.45) is 0 Å². The van der Waals surface area contributed by atoms with E-state index in [1.54, 1.807) is 23.1 Å². The molecule has 0 unspecified atom stereocenters. The third-order valence-corrected chi connectivity index (χ3v) is 4.83.